The first-order valence-electron chi connectivity index (χ1n) is 13.1. The highest BCUT2D eigenvalue weighted by Crippen LogP contribution is 2.48. The number of fused-ring (bicyclic) bond motifs is 6. The smallest absolute Gasteiger partial charge is 0.0361 e. The summed E-state index contributed by atoms with van der Waals surface area (Å²) in [6.45, 7) is 2.20. The van der Waals surface area contributed by atoms with Gasteiger partial charge in [-0.2, -0.15) is 0 Å². The maximum absolute atomic E-state index is 2.38. The van der Waals surface area contributed by atoms with Crippen molar-refractivity contribution < 1.29 is 0 Å². The molecule has 1 heteroatoms. The van der Waals surface area contributed by atoms with E-state index in [9.17, 15) is 0 Å². The van der Waals surface area contributed by atoms with Crippen LogP contribution in [0.15, 0.2) is 127 Å². The maximum Gasteiger partial charge on any atom is 0.0361 e. The van der Waals surface area contributed by atoms with Crippen molar-refractivity contribution in [1.82, 2.24) is 0 Å². The molecule has 0 saturated carbocycles. The van der Waals surface area contributed by atoms with Crippen LogP contribution in [0.25, 0.3) is 74.7 Å². The lowest BCUT2D eigenvalue weighted by molar-refractivity contribution is 1.51. The summed E-state index contributed by atoms with van der Waals surface area (Å²) in [4.78, 5) is 0. The molecule has 8 rings (SSSR count). The predicted molar refractivity (Wildman–Crippen MR) is 167 cm³/mol. The van der Waals surface area contributed by atoms with Crippen LogP contribution in [0.5, 0.6) is 0 Å². The number of thiophene rings is 1. The van der Waals surface area contributed by atoms with E-state index in [1.165, 1.54) is 80.3 Å². The van der Waals surface area contributed by atoms with Gasteiger partial charge in [-0.3, -0.25) is 0 Å². The largest absolute Gasteiger partial charge is 0.135 e. The Morgan fingerprint density at radius 2 is 1.13 bits per heavy atom. The second-order valence-corrected chi connectivity index (χ2v) is 11.3. The van der Waals surface area contributed by atoms with E-state index in [1.807, 2.05) is 11.3 Å². The van der Waals surface area contributed by atoms with Gasteiger partial charge in [-0.15, -0.1) is 11.3 Å². The Bertz CT molecular complexity index is 2200. The minimum Gasteiger partial charge on any atom is -0.135 e. The highest BCUT2D eigenvalue weighted by molar-refractivity contribution is 7.25. The SMILES string of the molecule is Cc1ccc2c(-c3ccc4ccccc4c3)c3ccccc3c(-c3cccc4sc5ccccc5c34)c2c1. The van der Waals surface area contributed by atoms with Crippen molar-refractivity contribution in [3.8, 4) is 22.3 Å². The van der Waals surface area contributed by atoms with Crippen LogP contribution in [0.2, 0.25) is 0 Å². The van der Waals surface area contributed by atoms with Gasteiger partial charge >= 0.3 is 0 Å². The van der Waals surface area contributed by atoms with Crippen LogP contribution in [0, 0.1) is 6.92 Å². The molecule has 0 aliphatic rings. The zero-order valence-electron chi connectivity index (χ0n) is 21.0. The molecule has 0 aliphatic carbocycles. The molecule has 1 heterocycles. The molecule has 1 aromatic heterocycles. The summed E-state index contributed by atoms with van der Waals surface area (Å²) in [5.74, 6) is 0. The molecular weight excluding hydrogens is 476 g/mol. The topological polar surface area (TPSA) is 0 Å². The van der Waals surface area contributed by atoms with Crippen molar-refractivity contribution >= 4 is 63.8 Å². The summed E-state index contributed by atoms with van der Waals surface area (Å²) >= 11 is 1.89. The summed E-state index contributed by atoms with van der Waals surface area (Å²) in [6, 6.07) is 47.1. The summed E-state index contributed by atoms with van der Waals surface area (Å²) < 4.78 is 2.68. The van der Waals surface area contributed by atoms with E-state index < -0.39 is 0 Å². The van der Waals surface area contributed by atoms with Crippen molar-refractivity contribution in [2.45, 2.75) is 6.92 Å². The second-order valence-electron chi connectivity index (χ2n) is 10.2. The van der Waals surface area contributed by atoms with E-state index >= 15 is 0 Å². The maximum atomic E-state index is 2.38. The Kier molecular flexibility index (Phi) is 4.71. The van der Waals surface area contributed by atoms with Gasteiger partial charge < -0.3 is 0 Å². The van der Waals surface area contributed by atoms with Gasteiger partial charge in [0, 0.05) is 20.2 Å². The molecule has 8 aromatic rings. The Morgan fingerprint density at radius 1 is 0.447 bits per heavy atom. The van der Waals surface area contributed by atoms with Crippen LogP contribution in [0.4, 0.5) is 0 Å². The van der Waals surface area contributed by atoms with Gasteiger partial charge in [0.25, 0.3) is 0 Å². The van der Waals surface area contributed by atoms with Crippen molar-refractivity contribution in [2.75, 3.05) is 0 Å². The van der Waals surface area contributed by atoms with Crippen LogP contribution >= 0.6 is 11.3 Å². The van der Waals surface area contributed by atoms with Gasteiger partial charge in [0.05, 0.1) is 0 Å². The molecule has 0 nitrogen and oxygen atoms in total. The van der Waals surface area contributed by atoms with E-state index in [0.717, 1.165) is 0 Å². The van der Waals surface area contributed by atoms with Gasteiger partial charge in [-0.25, -0.2) is 0 Å². The molecule has 0 unspecified atom stereocenters. The van der Waals surface area contributed by atoms with E-state index in [4.69, 9.17) is 0 Å². The zero-order valence-corrected chi connectivity index (χ0v) is 21.8. The minimum atomic E-state index is 1.26. The first-order valence-corrected chi connectivity index (χ1v) is 13.9. The third-order valence-corrected chi connectivity index (χ3v) is 9.03. The summed E-state index contributed by atoms with van der Waals surface area (Å²) in [5.41, 5.74) is 6.50. The molecule has 0 amide bonds. The highest BCUT2D eigenvalue weighted by Gasteiger charge is 2.19. The molecule has 0 bridgehead atoms. The fraction of sp³-hybridized carbons (Fsp3) is 0.0270. The van der Waals surface area contributed by atoms with E-state index in [0.29, 0.717) is 0 Å². The van der Waals surface area contributed by atoms with Gasteiger partial charge in [0.15, 0.2) is 0 Å². The number of hydrogen-bond donors (Lipinski definition) is 0. The van der Waals surface area contributed by atoms with E-state index in [2.05, 4.69) is 134 Å². The normalized spacial score (nSPS) is 11.8. The summed E-state index contributed by atoms with van der Waals surface area (Å²) in [5, 5.41) is 10.5. The highest BCUT2D eigenvalue weighted by atomic mass is 32.1. The van der Waals surface area contributed by atoms with Crippen molar-refractivity contribution in [3.05, 3.63) is 133 Å². The molecule has 0 saturated heterocycles. The van der Waals surface area contributed by atoms with Crippen LogP contribution < -0.4 is 0 Å². The number of hydrogen-bond acceptors (Lipinski definition) is 1. The first kappa shape index (κ1) is 21.6. The van der Waals surface area contributed by atoms with E-state index in [-0.39, 0.29) is 0 Å². The monoisotopic (exact) mass is 500 g/mol. The van der Waals surface area contributed by atoms with Crippen LogP contribution in [-0.4, -0.2) is 0 Å². The molecule has 0 fully saturated rings. The first-order chi connectivity index (χ1) is 18.8. The molecular formula is C37H24S. The van der Waals surface area contributed by atoms with Crippen molar-refractivity contribution in [2.24, 2.45) is 0 Å². The molecule has 0 radical (unpaired) electrons. The fourth-order valence-electron chi connectivity index (χ4n) is 6.22. The molecule has 0 N–H and O–H groups in total. The minimum absolute atomic E-state index is 1.26. The van der Waals surface area contributed by atoms with Crippen molar-refractivity contribution in [1.29, 1.82) is 0 Å². The summed E-state index contributed by atoms with van der Waals surface area (Å²) in [7, 11) is 0. The Hall–Kier alpha value is -4.46. The lowest BCUT2D eigenvalue weighted by Gasteiger charge is -2.19. The van der Waals surface area contributed by atoms with Gasteiger partial charge in [0.1, 0.15) is 0 Å². The zero-order chi connectivity index (χ0) is 25.2. The Morgan fingerprint density at radius 3 is 2.00 bits per heavy atom. The third-order valence-electron chi connectivity index (χ3n) is 7.89. The standard InChI is InChI=1S/C37H24S/c1-23-17-20-29-32(21-23)36(31-14-8-16-34-37(31)30-13-6-7-15-33(30)38-34)28-12-5-4-11-27(28)35(29)26-19-18-24-9-2-3-10-25(24)22-26/h2-22H,1H3. The lowest BCUT2D eigenvalue weighted by atomic mass is 9.84. The quantitative estimate of drug-likeness (QED) is 0.207. The van der Waals surface area contributed by atoms with Crippen LogP contribution in [-0.2, 0) is 0 Å². The molecule has 178 valence electrons. The van der Waals surface area contributed by atoms with Crippen molar-refractivity contribution in [3.63, 3.8) is 0 Å². The number of benzene rings is 7. The number of aryl methyl sites for hydroxylation is 1. The third kappa shape index (κ3) is 3.16. The average molecular weight is 501 g/mol. The van der Waals surface area contributed by atoms with Gasteiger partial charge in [-0.1, -0.05) is 115 Å². The molecule has 0 aliphatic heterocycles. The fourth-order valence-corrected chi connectivity index (χ4v) is 7.35. The van der Waals surface area contributed by atoms with Crippen LogP contribution in [0.1, 0.15) is 5.56 Å². The van der Waals surface area contributed by atoms with Crippen LogP contribution in [0.3, 0.4) is 0 Å². The second kappa shape index (κ2) is 8.28. The van der Waals surface area contributed by atoms with Gasteiger partial charge in [-0.05, 0) is 79.7 Å². The lowest BCUT2D eigenvalue weighted by Crippen LogP contribution is -1.92. The predicted octanol–water partition coefficient (Wildman–Crippen LogP) is 11.2. The molecule has 38 heavy (non-hydrogen) atoms. The Balaban J connectivity index is 1.56. The van der Waals surface area contributed by atoms with Gasteiger partial charge in [0.2, 0.25) is 0 Å². The molecule has 7 aromatic carbocycles. The summed E-state index contributed by atoms with van der Waals surface area (Å²) in [6.07, 6.45) is 0. The van der Waals surface area contributed by atoms with E-state index in [1.54, 1.807) is 0 Å². The molecule has 0 spiro atoms. The average Bonchev–Trinajstić information content (AvgIpc) is 3.35. The Labute approximate surface area is 225 Å². The number of rotatable bonds is 2. The molecule has 0 atom stereocenters.